The van der Waals surface area contributed by atoms with E-state index in [0.717, 1.165) is 44.5 Å². The van der Waals surface area contributed by atoms with E-state index in [0.29, 0.717) is 62.4 Å². The Balaban J connectivity index is 1.20. The molecule has 0 spiro atoms. The molecule has 5 rings (SSSR count). The Morgan fingerprint density at radius 3 is 2.47 bits per heavy atom. The SMILES string of the molecule is CO/N=C(\CN(C)C(=O)c1cc(Cl)cc(Cl)c1)C(CCN1CCC(N2CCCN(CC(=O)NCc3nncs3)C2=O)CC1)c1ccc(Cl)c(Cl)c1. The van der Waals surface area contributed by atoms with Gasteiger partial charge in [0.25, 0.3) is 5.91 Å². The number of rotatable bonds is 14. The van der Waals surface area contributed by atoms with Crippen LogP contribution in [0.25, 0.3) is 0 Å². The molecule has 0 radical (unpaired) electrons. The summed E-state index contributed by atoms with van der Waals surface area (Å²) >= 11 is 26.5. The topological polar surface area (TPSA) is 124 Å². The summed E-state index contributed by atoms with van der Waals surface area (Å²) in [7, 11) is 3.17. The molecular weight excluding hydrogens is 758 g/mol. The molecule has 2 aliphatic heterocycles. The smallest absolute Gasteiger partial charge is 0.320 e. The van der Waals surface area contributed by atoms with Crippen molar-refractivity contribution in [2.75, 3.05) is 60.0 Å². The van der Waals surface area contributed by atoms with Crippen molar-refractivity contribution in [1.82, 2.24) is 35.1 Å². The molecule has 3 aromatic rings. The van der Waals surface area contributed by atoms with Gasteiger partial charge in [-0.3, -0.25) is 9.59 Å². The molecule has 1 atom stereocenters. The van der Waals surface area contributed by atoms with E-state index in [9.17, 15) is 14.4 Å². The second-order valence-electron chi connectivity index (χ2n) is 12.5. The van der Waals surface area contributed by atoms with E-state index in [2.05, 4.69) is 25.6 Å². The fourth-order valence-corrected chi connectivity index (χ4v) is 7.82. The molecule has 3 heterocycles. The average molecular weight is 799 g/mol. The van der Waals surface area contributed by atoms with Crippen molar-refractivity contribution < 1.29 is 19.2 Å². The Hall–Kier alpha value is -3.20. The van der Waals surface area contributed by atoms with Crippen LogP contribution in [0.3, 0.4) is 0 Å². The van der Waals surface area contributed by atoms with Crippen LogP contribution in [0.4, 0.5) is 4.79 Å². The number of hydrogen-bond donors (Lipinski definition) is 1. The van der Waals surface area contributed by atoms with Gasteiger partial charge in [0.15, 0.2) is 0 Å². The van der Waals surface area contributed by atoms with Gasteiger partial charge in [-0.05, 0) is 68.1 Å². The van der Waals surface area contributed by atoms with Gasteiger partial charge < -0.3 is 29.8 Å². The molecule has 0 aliphatic carbocycles. The van der Waals surface area contributed by atoms with Crippen molar-refractivity contribution in [3.05, 3.63) is 78.1 Å². The third-order valence-electron chi connectivity index (χ3n) is 9.06. The zero-order valence-electron chi connectivity index (χ0n) is 28.4. The maximum absolute atomic E-state index is 13.4. The first-order chi connectivity index (χ1) is 24.5. The molecule has 17 heteroatoms. The van der Waals surface area contributed by atoms with Crippen LogP contribution in [0.1, 0.15) is 52.5 Å². The maximum atomic E-state index is 13.4. The van der Waals surface area contributed by atoms with Crippen LogP contribution < -0.4 is 5.32 Å². The molecule has 1 unspecified atom stereocenters. The molecule has 0 bridgehead atoms. The van der Waals surface area contributed by atoms with Gasteiger partial charge in [0.1, 0.15) is 24.2 Å². The Morgan fingerprint density at radius 1 is 1.06 bits per heavy atom. The number of likely N-dealkylation sites (tertiary alicyclic amines) is 1. The molecule has 1 aromatic heterocycles. The highest BCUT2D eigenvalue weighted by molar-refractivity contribution is 7.09. The van der Waals surface area contributed by atoms with Crippen molar-refractivity contribution in [2.45, 2.75) is 44.2 Å². The number of urea groups is 1. The van der Waals surface area contributed by atoms with Crippen molar-refractivity contribution in [1.29, 1.82) is 0 Å². The molecule has 0 saturated carbocycles. The molecule has 2 aromatic carbocycles. The summed E-state index contributed by atoms with van der Waals surface area (Å²) in [6, 6.07) is 10.2. The number of piperidine rings is 1. The van der Waals surface area contributed by atoms with E-state index in [1.807, 2.05) is 17.0 Å². The van der Waals surface area contributed by atoms with E-state index in [1.54, 1.807) is 46.6 Å². The summed E-state index contributed by atoms with van der Waals surface area (Å²) in [5.41, 5.74) is 3.52. The van der Waals surface area contributed by atoms with Crippen molar-refractivity contribution in [3.63, 3.8) is 0 Å². The first-order valence-electron chi connectivity index (χ1n) is 16.6. The molecule has 4 amide bonds. The summed E-state index contributed by atoms with van der Waals surface area (Å²) in [4.78, 5) is 52.2. The number of nitrogens with zero attached hydrogens (tertiary/aromatic N) is 7. The molecular formula is C34H40Cl4N8O4S. The molecule has 2 saturated heterocycles. The third-order valence-corrected chi connectivity index (χ3v) is 10.9. The number of carbonyl (C=O) groups excluding carboxylic acids is 3. The summed E-state index contributed by atoms with van der Waals surface area (Å²) in [5.74, 6) is -0.726. The number of benzene rings is 2. The van der Waals surface area contributed by atoms with Crippen molar-refractivity contribution in [3.8, 4) is 0 Å². The van der Waals surface area contributed by atoms with Gasteiger partial charge in [0.2, 0.25) is 5.91 Å². The first-order valence-corrected chi connectivity index (χ1v) is 19.0. The lowest BCUT2D eigenvalue weighted by molar-refractivity contribution is -0.122. The van der Waals surface area contributed by atoms with Crippen LogP contribution in [-0.4, -0.2) is 119 Å². The highest BCUT2D eigenvalue weighted by Gasteiger charge is 2.34. The van der Waals surface area contributed by atoms with E-state index in [4.69, 9.17) is 51.2 Å². The number of hydrogen-bond acceptors (Lipinski definition) is 9. The number of carbonyl (C=O) groups is 3. The van der Waals surface area contributed by atoms with E-state index in [1.165, 1.54) is 18.4 Å². The summed E-state index contributed by atoms with van der Waals surface area (Å²) in [6.07, 6.45) is 3.11. The van der Waals surface area contributed by atoms with Crippen LogP contribution in [0.2, 0.25) is 20.1 Å². The van der Waals surface area contributed by atoms with Gasteiger partial charge in [-0.25, -0.2) is 4.79 Å². The molecule has 274 valence electrons. The minimum atomic E-state index is -0.266. The van der Waals surface area contributed by atoms with Crippen molar-refractivity contribution >= 4 is 81.3 Å². The Kier molecular flexibility index (Phi) is 14.2. The molecule has 2 fully saturated rings. The minimum absolute atomic E-state index is 0.0159. The zero-order chi connectivity index (χ0) is 36.5. The monoisotopic (exact) mass is 796 g/mol. The molecule has 1 N–H and O–H groups in total. The molecule has 2 aliphatic rings. The van der Waals surface area contributed by atoms with Crippen molar-refractivity contribution in [2.24, 2.45) is 5.16 Å². The fourth-order valence-electron chi connectivity index (χ4n) is 6.52. The standard InChI is InChI=1S/C34H40Cl4N8O4S/c1-43(33(48)23-14-24(35)17-25(36)15-23)19-30(42-50-2)27(22-4-5-28(37)29(38)16-22)8-13-44-11-6-26(7-12-44)46-10-3-9-45(34(46)49)20-31(47)39-18-32-41-40-21-51-32/h4-5,14-17,21,26-27H,3,6-13,18-20H2,1-2H3,(H,39,47)/b42-30+. The largest absolute Gasteiger partial charge is 0.399 e. The van der Waals surface area contributed by atoms with Gasteiger partial charge in [-0.15, -0.1) is 21.5 Å². The van der Waals surface area contributed by atoms with Gasteiger partial charge >= 0.3 is 6.03 Å². The van der Waals surface area contributed by atoms with Crippen LogP contribution in [-0.2, 0) is 16.2 Å². The summed E-state index contributed by atoms with van der Waals surface area (Å²) in [5, 5.41) is 17.3. The van der Waals surface area contributed by atoms with E-state index >= 15 is 0 Å². The predicted octanol–water partition coefficient (Wildman–Crippen LogP) is 6.31. The molecule has 12 nitrogen and oxygen atoms in total. The zero-order valence-corrected chi connectivity index (χ0v) is 32.2. The lowest BCUT2D eigenvalue weighted by Gasteiger charge is -2.43. The van der Waals surface area contributed by atoms with E-state index < -0.39 is 0 Å². The maximum Gasteiger partial charge on any atom is 0.320 e. The summed E-state index contributed by atoms with van der Waals surface area (Å²) in [6.45, 7) is 4.05. The van der Waals surface area contributed by atoms with Crippen LogP contribution >= 0.6 is 57.7 Å². The normalized spacial score (nSPS) is 16.7. The first kappa shape index (κ1) is 39.0. The Labute approximate surface area is 321 Å². The highest BCUT2D eigenvalue weighted by Crippen LogP contribution is 2.31. The summed E-state index contributed by atoms with van der Waals surface area (Å²) < 4.78 is 0. The Morgan fingerprint density at radius 2 is 1.80 bits per heavy atom. The third kappa shape index (κ3) is 10.7. The van der Waals surface area contributed by atoms with E-state index in [-0.39, 0.29) is 42.9 Å². The number of amides is 4. The lowest BCUT2D eigenvalue weighted by atomic mass is 9.89. The second-order valence-corrected chi connectivity index (χ2v) is 15.1. The van der Waals surface area contributed by atoms with Gasteiger partial charge in [0, 0.05) is 60.8 Å². The fraction of sp³-hybridized carbons (Fsp3) is 0.471. The predicted molar refractivity (Wildman–Crippen MR) is 201 cm³/mol. The Bertz CT molecular complexity index is 1690. The van der Waals surface area contributed by atoms with Crippen LogP contribution in [0.5, 0.6) is 0 Å². The average Bonchev–Trinajstić information content (AvgIpc) is 3.63. The number of halogens is 4. The molecule has 51 heavy (non-hydrogen) atoms. The quantitative estimate of drug-likeness (QED) is 0.150. The van der Waals surface area contributed by atoms with Crippen LogP contribution in [0, 0.1) is 0 Å². The lowest BCUT2D eigenvalue weighted by Crippen LogP contribution is -2.57. The minimum Gasteiger partial charge on any atom is -0.399 e. The van der Waals surface area contributed by atoms with Gasteiger partial charge in [-0.1, -0.05) is 57.6 Å². The number of nitrogens with one attached hydrogen (secondary N) is 1. The van der Waals surface area contributed by atoms with Crippen LogP contribution in [0.15, 0.2) is 47.1 Å². The second kappa shape index (κ2) is 18.5. The van der Waals surface area contributed by atoms with Gasteiger partial charge in [-0.2, -0.15) is 0 Å². The highest BCUT2D eigenvalue weighted by atomic mass is 35.5. The number of aromatic nitrogens is 2. The van der Waals surface area contributed by atoms with Gasteiger partial charge in [0.05, 0.1) is 28.8 Å². The number of oxime groups is 1.